The van der Waals surface area contributed by atoms with Gasteiger partial charge in [-0.15, -0.1) is 0 Å². The van der Waals surface area contributed by atoms with E-state index < -0.39 is 0 Å². The second-order valence-electron chi connectivity index (χ2n) is 6.49. The molecule has 1 aromatic heterocycles. The average Bonchev–Trinajstić information content (AvgIpc) is 3.09. The number of aromatic nitrogens is 2. The fourth-order valence-electron chi connectivity index (χ4n) is 3.18. The van der Waals surface area contributed by atoms with Crippen molar-refractivity contribution < 1.29 is 9.47 Å². The van der Waals surface area contributed by atoms with Crippen LogP contribution >= 0.6 is 11.6 Å². The molecule has 0 aliphatic rings. The summed E-state index contributed by atoms with van der Waals surface area (Å²) in [4.78, 5) is 4.81. The van der Waals surface area contributed by atoms with Crippen molar-refractivity contribution in [2.75, 3.05) is 6.61 Å². The Balaban J connectivity index is 1.56. The first-order valence-corrected chi connectivity index (χ1v) is 9.64. The molecule has 3 aromatic carbocycles. The first-order valence-electron chi connectivity index (χ1n) is 9.26. The highest BCUT2D eigenvalue weighted by Crippen LogP contribution is 2.26. The molecule has 4 rings (SSSR count). The first kappa shape index (κ1) is 18.4. The van der Waals surface area contributed by atoms with Gasteiger partial charge in [0.1, 0.15) is 18.1 Å². The van der Waals surface area contributed by atoms with E-state index in [0.717, 1.165) is 28.4 Å². The van der Waals surface area contributed by atoms with E-state index in [4.69, 9.17) is 26.1 Å². The van der Waals surface area contributed by atoms with Crippen molar-refractivity contribution in [1.82, 2.24) is 9.55 Å². The maximum absolute atomic E-state index is 6.11. The third-order valence-electron chi connectivity index (χ3n) is 4.50. The molecule has 0 aliphatic carbocycles. The van der Waals surface area contributed by atoms with Crippen molar-refractivity contribution >= 4 is 22.6 Å². The number of halogens is 1. The van der Waals surface area contributed by atoms with Crippen LogP contribution < -0.4 is 9.47 Å². The van der Waals surface area contributed by atoms with Gasteiger partial charge in [-0.2, -0.15) is 0 Å². The number of hydrogen-bond acceptors (Lipinski definition) is 3. The second-order valence-corrected chi connectivity index (χ2v) is 6.92. The summed E-state index contributed by atoms with van der Waals surface area (Å²) in [7, 11) is 0. The zero-order valence-corrected chi connectivity index (χ0v) is 16.3. The van der Waals surface area contributed by atoms with E-state index in [-0.39, 0.29) is 6.10 Å². The fraction of sp³-hybridized carbons (Fsp3) is 0.174. The number of para-hydroxylation sites is 3. The highest BCUT2D eigenvalue weighted by atomic mass is 35.5. The number of benzene rings is 3. The summed E-state index contributed by atoms with van der Waals surface area (Å²) >= 11 is 5.97. The molecule has 0 amide bonds. The molecule has 1 heterocycles. The minimum absolute atomic E-state index is 0.217. The lowest BCUT2D eigenvalue weighted by atomic mass is 10.3. The minimum Gasteiger partial charge on any atom is -0.492 e. The third kappa shape index (κ3) is 4.12. The van der Waals surface area contributed by atoms with Gasteiger partial charge in [0, 0.05) is 5.02 Å². The lowest BCUT2D eigenvalue weighted by molar-refractivity contribution is 0.207. The van der Waals surface area contributed by atoms with Gasteiger partial charge in [-0.1, -0.05) is 41.9 Å². The molecule has 0 N–H and O–H groups in total. The zero-order valence-electron chi connectivity index (χ0n) is 15.6. The zero-order chi connectivity index (χ0) is 19.3. The molecule has 0 saturated heterocycles. The van der Waals surface area contributed by atoms with Crippen molar-refractivity contribution in [3.63, 3.8) is 0 Å². The van der Waals surface area contributed by atoms with Crippen molar-refractivity contribution in [2.24, 2.45) is 0 Å². The number of fused-ring (bicyclic) bond motifs is 1. The van der Waals surface area contributed by atoms with Gasteiger partial charge in [-0.3, -0.25) is 0 Å². The lowest BCUT2D eigenvalue weighted by Crippen LogP contribution is -2.15. The summed E-state index contributed by atoms with van der Waals surface area (Å²) in [5.74, 6) is 2.49. The molecular weight excluding hydrogens is 372 g/mol. The van der Waals surface area contributed by atoms with Gasteiger partial charge in [0.15, 0.2) is 11.9 Å². The molecule has 0 saturated carbocycles. The normalized spacial score (nSPS) is 12.1. The van der Waals surface area contributed by atoms with Crippen molar-refractivity contribution in [3.05, 3.63) is 89.7 Å². The maximum atomic E-state index is 6.11. The summed E-state index contributed by atoms with van der Waals surface area (Å²) in [5.41, 5.74) is 2.02. The number of rotatable bonds is 7. The van der Waals surface area contributed by atoms with Crippen molar-refractivity contribution in [2.45, 2.75) is 19.6 Å². The summed E-state index contributed by atoms with van der Waals surface area (Å²) in [6.07, 6.45) is -0.217. The topological polar surface area (TPSA) is 36.3 Å². The fourth-order valence-corrected chi connectivity index (χ4v) is 3.31. The van der Waals surface area contributed by atoms with Crippen LogP contribution in [0.25, 0.3) is 11.0 Å². The molecule has 5 heteroatoms. The maximum Gasteiger partial charge on any atom is 0.153 e. The average molecular weight is 393 g/mol. The number of imidazole rings is 1. The number of nitrogens with zero attached hydrogens (tertiary/aromatic N) is 2. The van der Waals surface area contributed by atoms with Gasteiger partial charge in [-0.05, 0) is 55.5 Å². The van der Waals surface area contributed by atoms with Crippen LogP contribution in [0.3, 0.4) is 0 Å². The van der Waals surface area contributed by atoms with Crippen LogP contribution in [0.4, 0.5) is 0 Å². The molecular formula is C23H21ClN2O2. The van der Waals surface area contributed by atoms with E-state index in [9.17, 15) is 0 Å². The Morgan fingerprint density at radius 2 is 1.61 bits per heavy atom. The SMILES string of the molecule is CC(Oc1ccc(Cl)cc1)c1nc2ccccc2n1CCOc1ccccc1. The van der Waals surface area contributed by atoms with E-state index >= 15 is 0 Å². The molecule has 142 valence electrons. The largest absolute Gasteiger partial charge is 0.492 e. The third-order valence-corrected chi connectivity index (χ3v) is 4.75. The van der Waals surface area contributed by atoms with E-state index in [1.165, 1.54) is 0 Å². The van der Waals surface area contributed by atoms with Crippen LogP contribution in [0, 0.1) is 0 Å². The Bertz CT molecular complexity index is 1050. The highest BCUT2D eigenvalue weighted by Gasteiger charge is 2.18. The van der Waals surface area contributed by atoms with Gasteiger partial charge >= 0.3 is 0 Å². The Kier molecular flexibility index (Phi) is 5.49. The Hall–Kier alpha value is -2.98. The van der Waals surface area contributed by atoms with Crippen LogP contribution in [0.1, 0.15) is 18.9 Å². The molecule has 28 heavy (non-hydrogen) atoms. The molecule has 0 fully saturated rings. The first-order chi connectivity index (χ1) is 13.7. The molecule has 4 nitrogen and oxygen atoms in total. The van der Waals surface area contributed by atoms with Crippen LogP contribution in [-0.4, -0.2) is 16.2 Å². The molecule has 1 atom stereocenters. The van der Waals surface area contributed by atoms with Gasteiger partial charge in [0.2, 0.25) is 0 Å². The lowest BCUT2D eigenvalue weighted by Gasteiger charge is -2.17. The summed E-state index contributed by atoms with van der Waals surface area (Å²) < 4.78 is 14.2. The molecule has 0 spiro atoms. The van der Waals surface area contributed by atoms with Gasteiger partial charge in [0.25, 0.3) is 0 Å². The molecule has 0 aliphatic heterocycles. The predicted molar refractivity (Wildman–Crippen MR) is 112 cm³/mol. The summed E-state index contributed by atoms with van der Waals surface area (Å²) in [6.45, 7) is 3.23. The monoisotopic (exact) mass is 392 g/mol. The molecule has 1 unspecified atom stereocenters. The van der Waals surface area contributed by atoms with Gasteiger partial charge in [0.05, 0.1) is 17.6 Å². The Morgan fingerprint density at radius 3 is 2.39 bits per heavy atom. The standard InChI is InChI=1S/C23H21ClN2O2/c1-17(28-20-13-11-18(24)12-14-20)23-25-21-9-5-6-10-22(21)26(23)15-16-27-19-7-3-2-4-8-19/h2-14,17H,15-16H2,1H3. The smallest absolute Gasteiger partial charge is 0.153 e. The van der Waals surface area contributed by atoms with Gasteiger partial charge in [-0.25, -0.2) is 4.98 Å². The van der Waals surface area contributed by atoms with Crippen molar-refractivity contribution in [3.8, 4) is 11.5 Å². The number of hydrogen-bond donors (Lipinski definition) is 0. The van der Waals surface area contributed by atoms with Gasteiger partial charge < -0.3 is 14.0 Å². The highest BCUT2D eigenvalue weighted by molar-refractivity contribution is 6.30. The van der Waals surface area contributed by atoms with E-state index in [2.05, 4.69) is 10.6 Å². The van der Waals surface area contributed by atoms with Crippen LogP contribution in [0.2, 0.25) is 5.02 Å². The summed E-state index contributed by atoms with van der Waals surface area (Å²) in [6, 6.07) is 25.3. The molecule has 0 bridgehead atoms. The molecule has 4 aromatic rings. The predicted octanol–water partition coefficient (Wildman–Crippen LogP) is 5.91. The van der Waals surface area contributed by atoms with Crippen LogP contribution in [0.15, 0.2) is 78.9 Å². The van der Waals surface area contributed by atoms with Crippen LogP contribution in [-0.2, 0) is 6.54 Å². The number of ether oxygens (including phenoxy) is 2. The Labute approximate surface area is 169 Å². The summed E-state index contributed by atoms with van der Waals surface area (Å²) in [5, 5.41) is 0.685. The van der Waals surface area contributed by atoms with E-state index in [0.29, 0.717) is 18.2 Å². The van der Waals surface area contributed by atoms with E-state index in [1.807, 2.05) is 79.7 Å². The van der Waals surface area contributed by atoms with E-state index in [1.54, 1.807) is 0 Å². The van der Waals surface area contributed by atoms with Crippen molar-refractivity contribution in [1.29, 1.82) is 0 Å². The molecule has 0 radical (unpaired) electrons. The van der Waals surface area contributed by atoms with Crippen LogP contribution in [0.5, 0.6) is 11.5 Å². The Morgan fingerprint density at radius 1 is 0.893 bits per heavy atom. The minimum atomic E-state index is -0.217. The second kappa shape index (κ2) is 8.36. The quantitative estimate of drug-likeness (QED) is 0.392.